The minimum atomic E-state index is -0.423. The number of nitro groups is 1. The Bertz CT molecular complexity index is 417. The van der Waals surface area contributed by atoms with E-state index in [1.165, 1.54) is 12.1 Å². The zero-order valence-electron chi connectivity index (χ0n) is 7.55. The van der Waals surface area contributed by atoms with Crippen molar-refractivity contribution in [2.75, 3.05) is 11.7 Å². The van der Waals surface area contributed by atoms with E-state index >= 15 is 0 Å². The Balaban J connectivity index is 2.14. The van der Waals surface area contributed by atoms with E-state index in [1.807, 2.05) is 0 Å². The van der Waals surface area contributed by atoms with E-state index in [0.29, 0.717) is 11.4 Å². The van der Waals surface area contributed by atoms with Crippen molar-refractivity contribution in [2.45, 2.75) is 0 Å². The van der Waals surface area contributed by atoms with E-state index in [9.17, 15) is 10.1 Å². The minimum Gasteiger partial charge on any atom is -0.274 e. The molecule has 15 heavy (non-hydrogen) atoms. The number of benzene rings is 1. The Morgan fingerprint density at radius 1 is 1.47 bits per heavy atom. The Labute approximate surface area is 93.9 Å². The fourth-order valence-electron chi connectivity index (χ4n) is 1.22. The molecule has 0 bridgehead atoms. The van der Waals surface area contributed by atoms with Gasteiger partial charge in [0.15, 0.2) is 4.74 Å². The number of hydrazine groups is 1. The molecule has 1 aliphatic rings. The zero-order valence-corrected chi connectivity index (χ0v) is 9.14. The van der Waals surface area contributed by atoms with Gasteiger partial charge in [0.25, 0.3) is 5.69 Å². The lowest BCUT2D eigenvalue weighted by Crippen LogP contribution is -2.33. The predicted octanol–water partition coefficient (Wildman–Crippen LogP) is 1.63. The van der Waals surface area contributed by atoms with Gasteiger partial charge in [-0.3, -0.25) is 20.5 Å². The van der Waals surface area contributed by atoms with Crippen molar-refractivity contribution in [3.63, 3.8) is 0 Å². The first-order valence-electron chi connectivity index (χ1n) is 4.15. The van der Waals surface area contributed by atoms with Gasteiger partial charge in [0.2, 0.25) is 0 Å². The van der Waals surface area contributed by atoms with Gasteiger partial charge in [-0.2, -0.15) is 0 Å². The van der Waals surface area contributed by atoms with Gasteiger partial charge in [-0.1, -0.05) is 0 Å². The number of nitrogens with zero attached hydrogens (tertiary/aromatic N) is 3. The van der Waals surface area contributed by atoms with Crippen LogP contribution in [-0.2, 0) is 0 Å². The van der Waals surface area contributed by atoms with Crippen LogP contribution in [0.4, 0.5) is 11.4 Å². The van der Waals surface area contributed by atoms with E-state index in [2.05, 4.69) is 26.3 Å². The summed E-state index contributed by atoms with van der Waals surface area (Å²) in [5, 5.41) is 12.2. The molecule has 1 N–H and O–H groups in total. The van der Waals surface area contributed by atoms with Crippen molar-refractivity contribution in [1.82, 2.24) is 5.43 Å². The van der Waals surface area contributed by atoms with Crippen molar-refractivity contribution >= 4 is 32.0 Å². The van der Waals surface area contributed by atoms with E-state index in [0.717, 1.165) is 5.69 Å². The third-order valence-electron chi connectivity index (χ3n) is 1.95. The summed E-state index contributed by atoms with van der Waals surface area (Å²) in [6, 6.07) is 6.27. The molecule has 1 aromatic rings. The highest BCUT2D eigenvalue weighted by molar-refractivity contribution is 9.18. The first-order chi connectivity index (χ1) is 7.16. The van der Waals surface area contributed by atoms with Gasteiger partial charge in [0.1, 0.15) is 6.67 Å². The number of anilines is 1. The van der Waals surface area contributed by atoms with E-state index in [4.69, 9.17) is 0 Å². The van der Waals surface area contributed by atoms with Crippen molar-refractivity contribution in [3.05, 3.63) is 34.4 Å². The second-order valence-corrected chi connectivity index (χ2v) is 3.65. The smallest absolute Gasteiger partial charge is 0.269 e. The van der Waals surface area contributed by atoms with E-state index in [1.54, 1.807) is 17.1 Å². The number of hydrogen-bond acceptors (Lipinski definition) is 5. The fourth-order valence-corrected chi connectivity index (χ4v) is 1.54. The second-order valence-electron chi connectivity index (χ2n) is 2.90. The molecule has 0 aromatic heterocycles. The molecular weight excluding hydrogens is 264 g/mol. The van der Waals surface area contributed by atoms with Crippen LogP contribution in [0.2, 0.25) is 0 Å². The van der Waals surface area contributed by atoms with Crippen LogP contribution < -0.4 is 10.4 Å². The van der Waals surface area contributed by atoms with Crippen LogP contribution >= 0.6 is 15.9 Å². The maximum Gasteiger partial charge on any atom is 0.269 e. The summed E-state index contributed by atoms with van der Waals surface area (Å²) in [7, 11) is 0. The number of rotatable bonds is 2. The summed E-state index contributed by atoms with van der Waals surface area (Å²) >= 11 is 3.20. The number of nitrogens with one attached hydrogen (secondary N) is 1. The molecule has 2 rings (SSSR count). The van der Waals surface area contributed by atoms with Gasteiger partial charge in [-0.05, 0) is 28.1 Å². The standard InChI is InChI=1S/C8H7BrN4O2/c9-8-10-5-12(11-8)6-1-3-7(4-2-6)13(14)15/h1-4H,5H2,(H,10,11). The average molecular weight is 271 g/mol. The van der Waals surface area contributed by atoms with Crippen LogP contribution in [0.3, 0.4) is 0 Å². The Morgan fingerprint density at radius 3 is 2.60 bits per heavy atom. The predicted molar refractivity (Wildman–Crippen MR) is 59.9 cm³/mol. The van der Waals surface area contributed by atoms with Crippen LogP contribution in [0.1, 0.15) is 0 Å². The molecule has 0 atom stereocenters. The number of aliphatic imine (C=N–C) groups is 1. The molecule has 6 nitrogen and oxygen atoms in total. The lowest BCUT2D eigenvalue weighted by atomic mass is 10.3. The van der Waals surface area contributed by atoms with Gasteiger partial charge >= 0.3 is 0 Å². The quantitative estimate of drug-likeness (QED) is 0.504. The largest absolute Gasteiger partial charge is 0.274 e. The number of halogens is 1. The van der Waals surface area contributed by atoms with Crippen LogP contribution in [0.5, 0.6) is 0 Å². The normalized spacial score (nSPS) is 14.7. The molecule has 0 saturated carbocycles. The van der Waals surface area contributed by atoms with Gasteiger partial charge in [0, 0.05) is 12.1 Å². The molecule has 0 spiro atoms. The first-order valence-corrected chi connectivity index (χ1v) is 4.95. The van der Waals surface area contributed by atoms with Crippen LogP contribution in [0.25, 0.3) is 0 Å². The molecule has 0 fully saturated rings. The van der Waals surface area contributed by atoms with Crippen molar-refractivity contribution < 1.29 is 4.92 Å². The molecule has 78 valence electrons. The summed E-state index contributed by atoms with van der Waals surface area (Å²) in [5.41, 5.74) is 3.86. The molecular formula is C8H7BrN4O2. The summed E-state index contributed by atoms with van der Waals surface area (Å²) in [6.45, 7) is 0.485. The van der Waals surface area contributed by atoms with Crippen molar-refractivity contribution in [3.8, 4) is 0 Å². The molecule has 0 aliphatic carbocycles. The van der Waals surface area contributed by atoms with Gasteiger partial charge < -0.3 is 0 Å². The number of hydrogen-bond donors (Lipinski definition) is 1. The van der Waals surface area contributed by atoms with E-state index < -0.39 is 4.92 Å². The second kappa shape index (κ2) is 3.85. The average Bonchev–Trinajstić information content (AvgIpc) is 2.65. The Hall–Kier alpha value is -1.63. The molecule has 1 heterocycles. The monoisotopic (exact) mass is 270 g/mol. The van der Waals surface area contributed by atoms with Crippen molar-refractivity contribution in [1.29, 1.82) is 0 Å². The summed E-state index contributed by atoms with van der Waals surface area (Å²) < 4.78 is 0.654. The maximum atomic E-state index is 10.4. The summed E-state index contributed by atoms with van der Waals surface area (Å²) in [4.78, 5) is 14.1. The van der Waals surface area contributed by atoms with E-state index in [-0.39, 0.29) is 5.69 Å². The third kappa shape index (κ3) is 2.07. The fraction of sp³-hybridized carbons (Fsp3) is 0.125. The number of amidine groups is 1. The topological polar surface area (TPSA) is 70.8 Å². The molecule has 0 radical (unpaired) electrons. The van der Waals surface area contributed by atoms with Crippen LogP contribution in [0, 0.1) is 10.1 Å². The SMILES string of the molecule is O=[N+]([O-])c1ccc(N2CN=C(Br)N2)cc1. The highest BCUT2D eigenvalue weighted by Gasteiger charge is 2.14. The lowest BCUT2D eigenvalue weighted by Gasteiger charge is -2.16. The summed E-state index contributed by atoms with van der Waals surface area (Å²) in [6.07, 6.45) is 0. The summed E-state index contributed by atoms with van der Waals surface area (Å²) in [5.74, 6) is 0. The Kier molecular flexibility index (Phi) is 2.55. The molecule has 0 amide bonds. The molecule has 1 aromatic carbocycles. The maximum absolute atomic E-state index is 10.4. The highest BCUT2D eigenvalue weighted by atomic mass is 79.9. The van der Waals surface area contributed by atoms with Crippen LogP contribution in [0.15, 0.2) is 29.3 Å². The van der Waals surface area contributed by atoms with Gasteiger partial charge in [-0.15, -0.1) is 0 Å². The number of non-ortho nitro benzene ring substituents is 1. The zero-order chi connectivity index (χ0) is 10.8. The van der Waals surface area contributed by atoms with Gasteiger partial charge in [0.05, 0.1) is 10.6 Å². The molecule has 1 aliphatic heterocycles. The Morgan fingerprint density at radius 2 is 2.13 bits per heavy atom. The lowest BCUT2D eigenvalue weighted by molar-refractivity contribution is -0.384. The molecule has 0 saturated heterocycles. The molecule has 0 unspecified atom stereocenters. The first kappa shape index (κ1) is 9.91. The molecule has 7 heteroatoms. The minimum absolute atomic E-state index is 0.0814. The highest BCUT2D eigenvalue weighted by Crippen LogP contribution is 2.19. The van der Waals surface area contributed by atoms with Crippen molar-refractivity contribution in [2.24, 2.45) is 4.99 Å². The third-order valence-corrected chi connectivity index (χ3v) is 2.38. The van der Waals surface area contributed by atoms with Crippen LogP contribution in [-0.4, -0.2) is 16.3 Å². The number of nitro benzene ring substituents is 1. The van der Waals surface area contributed by atoms with Gasteiger partial charge in [-0.25, -0.2) is 4.99 Å².